The van der Waals surface area contributed by atoms with Crippen molar-refractivity contribution in [1.29, 1.82) is 0 Å². The van der Waals surface area contributed by atoms with Gasteiger partial charge in [-0.2, -0.15) is 0 Å². The molecule has 126 valence electrons. The van der Waals surface area contributed by atoms with Crippen molar-refractivity contribution in [2.24, 2.45) is 23.7 Å². The van der Waals surface area contributed by atoms with Crippen LogP contribution < -0.4 is 0 Å². The molecule has 4 saturated carbocycles. The maximum absolute atomic E-state index is 12.1. The van der Waals surface area contributed by atoms with Crippen molar-refractivity contribution in [3.8, 4) is 0 Å². The van der Waals surface area contributed by atoms with E-state index in [2.05, 4.69) is 6.58 Å². The molecule has 4 bridgehead atoms. The van der Waals surface area contributed by atoms with E-state index in [0.717, 1.165) is 37.5 Å². The Morgan fingerprint density at radius 3 is 2.00 bits per heavy atom. The highest BCUT2D eigenvalue weighted by atomic mass is 16.6. The van der Waals surface area contributed by atoms with Crippen LogP contribution in [-0.4, -0.2) is 29.9 Å². The van der Waals surface area contributed by atoms with Crippen molar-refractivity contribution < 1.29 is 23.9 Å². The van der Waals surface area contributed by atoms with Gasteiger partial charge in [0.05, 0.1) is 0 Å². The molecule has 5 heteroatoms. The normalized spacial score (nSPS) is 37.3. The lowest BCUT2D eigenvalue weighted by molar-refractivity contribution is -0.204. The van der Waals surface area contributed by atoms with Crippen molar-refractivity contribution in [3.05, 3.63) is 12.2 Å². The number of ether oxygens (including phenoxy) is 2. The summed E-state index contributed by atoms with van der Waals surface area (Å²) in [4.78, 5) is 35.3. The van der Waals surface area contributed by atoms with Gasteiger partial charge < -0.3 is 9.47 Å². The second-order valence-corrected chi connectivity index (χ2v) is 7.66. The van der Waals surface area contributed by atoms with E-state index in [4.69, 9.17) is 9.47 Å². The molecule has 0 aromatic rings. The van der Waals surface area contributed by atoms with Gasteiger partial charge in [-0.1, -0.05) is 6.58 Å². The molecule has 0 aromatic carbocycles. The van der Waals surface area contributed by atoms with Crippen LogP contribution >= 0.6 is 0 Å². The third kappa shape index (κ3) is 2.93. The summed E-state index contributed by atoms with van der Waals surface area (Å²) in [6.07, 6.45) is 5.68. The fraction of sp³-hybridized carbons (Fsp3) is 0.722. The first kappa shape index (κ1) is 16.2. The SMILES string of the molecule is C=C(C)C(=O)OCC(=O)C(=O)OC1(C)C2CC3CC(C2)CC1C3. The van der Waals surface area contributed by atoms with E-state index in [9.17, 15) is 14.4 Å². The van der Waals surface area contributed by atoms with Crippen LogP contribution in [0, 0.1) is 23.7 Å². The lowest BCUT2D eigenvalue weighted by Crippen LogP contribution is -2.58. The summed E-state index contributed by atoms with van der Waals surface area (Å²) in [5, 5.41) is 0. The average molecular weight is 320 g/mol. The smallest absolute Gasteiger partial charge is 0.378 e. The summed E-state index contributed by atoms with van der Waals surface area (Å²) in [7, 11) is 0. The zero-order chi connectivity index (χ0) is 16.8. The van der Waals surface area contributed by atoms with Crippen LogP contribution in [0.4, 0.5) is 0 Å². The highest BCUT2D eigenvalue weighted by molar-refractivity contribution is 6.34. The summed E-state index contributed by atoms with van der Waals surface area (Å²) in [5.41, 5.74) is -0.349. The molecule has 0 radical (unpaired) electrons. The van der Waals surface area contributed by atoms with E-state index in [1.54, 1.807) is 0 Å². The topological polar surface area (TPSA) is 69.7 Å². The molecule has 0 atom stereocenters. The standard InChI is InChI=1S/C18H24O5/c1-10(2)16(20)22-9-15(19)17(21)23-18(3)13-5-11-4-12(7-13)8-14(18)6-11/h11-14H,1,4-9H2,2-3H3. The molecule has 4 aliphatic carbocycles. The molecule has 4 rings (SSSR count). The summed E-state index contributed by atoms with van der Waals surface area (Å²) in [6.45, 7) is 6.31. The van der Waals surface area contributed by atoms with Crippen LogP contribution in [0.3, 0.4) is 0 Å². The van der Waals surface area contributed by atoms with Gasteiger partial charge in [-0.05, 0) is 69.6 Å². The fourth-order valence-corrected chi connectivity index (χ4v) is 4.86. The van der Waals surface area contributed by atoms with Crippen LogP contribution in [-0.2, 0) is 23.9 Å². The minimum Gasteiger partial charge on any atom is -0.454 e. The Labute approximate surface area is 136 Å². The molecule has 0 unspecified atom stereocenters. The first-order valence-electron chi connectivity index (χ1n) is 8.38. The number of carbonyl (C=O) groups is 3. The van der Waals surface area contributed by atoms with E-state index in [-0.39, 0.29) is 5.57 Å². The van der Waals surface area contributed by atoms with Gasteiger partial charge >= 0.3 is 11.9 Å². The molecule has 0 N–H and O–H groups in total. The van der Waals surface area contributed by atoms with Crippen LogP contribution in [0.15, 0.2) is 12.2 Å². The van der Waals surface area contributed by atoms with E-state index in [1.807, 2.05) is 6.92 Å². The molecule has 23 heavy (non-hydrogen) atoms. The number of hydrogen-bond acceptors (Lipinski definition) is 5. The van der Waals surface area contributed by atoms with Crippen LogP contribution in [0.25, 0.3) is 0 Å². The van der Waals surface area contributed by atoms with Gasteiger partial charge in [-0.15, -0.1) is 0 Å². The van der Waals surface area contributed by atoms with Crippen molar-refractivity contribution in [2.75, 3.05) is 6.61 Å². The van der Waals surface area contributed by atoms with Crippen LogP contribution in [0.5, 0.6) is 0 Å². The number of ketones is 1. The van der Waals surface area contributed by atoms with Gasteiger partial charge in [0.15, 0.2) is 6.61 Å². The van der Waals surface area contributed by atoms with Crippen molar-refractivity contribution in [2.45, 2.75) is 51.6 Å². The lowest BCUT2D eigenvalue weighted by Gasteiger charge is -2.58. The number of rotatable bonds is 5. The summed E-state index contributed by atoms with van der Waals surface area (Å²) < 4.78 is 10.4. The predicted molar refractivity (Wildman–Crippen MR) is 82.3 cm³/mol. The van der Waals surface area contributed by atoms with E-state index in [1.165, 1.54) is 13.3 Å². The quantitative estimate of drug-likeness (QED) is 0.442. The third-order valence-electron chi connectivity index (χ3n) is 5.98. The van der Waals surface area contributed by atoms with Gasteiger partial charge in [-0.25, -0.2) is 9.59 Å². The van der Waals surface area contributed by atoms with Crippen LogP contribution in [0.2, 0.25) is 0 Å². The highest BCUT2D eigenvalue weighted by Crippen LogP contribution is 2.59. The Morgan fingerprint density at radius 2 is 1.52 bits per heavy atom. The van der Waals surface area contributed by atoms with E-state index in [0.29, 0.717) is 11.8 Å². The Balaban J connectivity index is 1.60. The lowest BCUT2D eigenvalue weighted by atomic mass is 9.50. The van der Waals surface area contributed by atoms with E-state index < -0.39 is 29.9 Å². The number of esters is 2. The van der Waals surface area contributed by atoms with Gasteiger partial charge in [0, 0.05) is 5.57 Å². The molecule has 0 saturated heterocycles. The molecular formula is C18H24O5. The average Bonchev–Trinajstić information content (AvgIpc) is 2.49. The Morgan fingerprint density at radius 1 is 1.00 bits per heavy atom. The predicted octanol–water partition coefficient (Wildman–Crippen LogP) is 2.43. The minimum absolute atomic E-state index is 0.194. The molecule has 0 amide bonds. The number of hydrogen-bond donors (Lipinski definition) is 0. The molecule has 4 fully saturated rings. The molecule has 0 aromatic heterocycles. The molecule has 0 spiro atoms. The zero-order valence-corrected chi connectivity index (χ0v) is 13.8. The third-order valence-corrected chi connectivity index (χ3v) is 5.98. The zero-order valence-electron chi connectivity index (χ0n) is 13.8. The summed E-state index contributed by atoms with van der Waals surface area (Å²) in [6, 6.07) is 0. The Hall–Kier alpha value is -1.65. The molecule has 5 nitrogen and oxygen atoms in total. The van der Waals surface area contributed by atoms with Crippen molar-refractivity contribution in [1.82, 2.24) is 0 Å². The summed E-state index contributed by atoms with van der Waals surface area (Å²) >= 11 is 0. The van der Waals surface area contributed by atoms with Crippen LogP contribution in [0.1, 0.15) is 46.0 Å². The fourth-order valence-electron chi connectivity index (χ4n) is 4.86. The summed E-state index contributed by atoms with van der Waals surface area (Å²) in [5.74, 6) is -0.133. The highest BCUT2D eigenvalue weighted by Gasteiger charge is 2.57. The number of Topliss-reactive ketones (excluding diaryl/α,β-unsaturated/α-hetero) is 1. The van der Waals surface area contributed by atoms with Crippen molar-refractivity contribution in [3.63, 3.8) is 0 Å². The minimum atomic E-state index is -0.880. The van der Waals surface area contributed by atoms with Gasteiger partial charge in [0.25, 0.3) is 5.78 Å². The maximum atomic E-state index is 12.1. The second-order valence-electron chi connectivity index (χ2n) is 7.66. The first-order valence-corrected chi connectivity index (χ1v) is 8.38. The Kier molecular flexibility index (Phi) is 4.07. The largest absolute Gasteiger partial charge is 0.454 e. The first-order chi connectivity index (χ1) is 10.8. The van der Waals surface area contributed by atoms with Gasteiger partial charge in [0.2, 0.25) is 0 Å². The molecule has 0 heterocycles. The maximum Gasteiger partial charge on any atom is 0.378 e. The van der Waals surface area contributed by atoms with E-state index >= 15 is 0 Å². The van der Waals surface area contributed by atoms with Gasteiger partial charge in [0.1, 0.15) is 5.60 Å². The molecule has 0 aliphatic heterocycles. The second kappa shape index (κ2) is 5.77. The monoisotopic (exact) mass is 320 g/mol. The number of carbonyl (C=O) groups excluding carboxylic acids is 3. The van der Waals surface area contributed by atoms with Crippen molar-refractivity contribution >= 4 is 17.7 Å². The molecular weight excluding hydrogens is 296 g/mol. The Bertz CT molecular complexity index is 534. The van der Waals surface area contributed by atoms with Gasteiger partial charge in [-0.3, -0.25) is 4.79 Å². The molecule has 4 aliphatic rings.